The van der Waals surface area contributed by atoms with E-state index < -0.39 is 23.5 Å². The molecule has 1 aliphatic heterocycles. The summed E-state index contributed by atoms with van der Waals surface area (Å²) in [6, 6.07) is 19.4. The van der Waals surface area contributed by atoms with Crippen LogP contribution in [0.4, 0.5) is 23.7 Å². The lowest BCUT2D eigenvalue weighted by Gasteiger charge is -2.23. The van der Waals surface area contributed by atoms with Gasteiger partial charge in [-0.1, -0.05) is 30.3 Å². The number of aromatic hydroxyl groups is 1. The van der Waals surface area contributed by atoms with Crippen LogP contribution >= 0.6 is 11.8 Å². The number of aromatic nitrogens is 1. The van der Waals surface area contributed by atoms with Crippen LogP contribution in [0.5, 0.6) is 5.75 Å². The number of benzene rings is 3. The number of halogens is 3. The van der Waals surface area contributed by atoms with Gasteiger partial charge in [0.15, 0.2) is 0 Å². The minimum atomic E-state index is -4.44. The van der Waals surface area contributed by atoms with Crippen LogP contribution in [-0.4, -0.2) is 38.5 Å². The van der Waals surface area contributed by atoms with Crippen LogP contribution in [0.2, 0.25) is 0 Å². The number of phenolic OH excluding ortho intramolecular Hbond substituents is 1. The molecular formula is C27H20F3N3O3S. The van der Waals surface area contributed by atoms with E-state index in [1.54, 1.807) is 24.4 Å². The molecule has 4 aromatic rings. The Labute approximate surface area is 214 Å². The maximum Gasteiger partial charge on any atom is 0.446 e. The Bertz CT molecular complexity index is 1450. The zero-order chi connectivity index (χ0) is 26.2. The molecule has 0 aliphatic carbocycles. The third-order valence-corrected chi connectivity index (χ3v) is 6.83. The first-order valence-corrected chi connectivity index (χ1v) is 12.1. The van der Waals surface area contributed by atoms with E-state index in [9.17, 15) is 27.9 Å². The molecule has 1 fully saturated rings. The van der Waals surface area contributed by atoms with Gasteiger partial charge in [0, 0.05) is 29.4 Å². The molecule has 0 bridgehead atoms. The zero-order valence-corrected chi connectivity index (χ0v) is 20.0. The van der Waals surface area contributed by atoms with Crippen molar-refractivity contribution >= 4 is 40.3 Å². The smallest absolute Gasteiger partial charge is 0.446 e. The fourth-order valence-electron chi connectivity index (χ4n) is 4.38. The van der Waals surface area contributed by atoms with Gasteiger partial charge in [-0.05, 0) is 71.4 Å². The Morgan fingerprint density at radius 2 is 1.62 bits per heavy atom. The predicted molar refractivity (Wildman–Crippen MR) is 134 cm³/mol. The summed E-state index contributed by atoms with van der Waals surface area (Å²) in [4.78, 5) is 34.0. The van der Waals surface area contributed by atoms with Gasteiger partial charge in [-0.2, -0.15) is 13.2 Å². The summed E-state index contributed by atoms with van der Waals surface area (Å²) < 4.78 is 38.2. The number of hydrogen-bond acceptors (Lipinski definition) is 5. The van der Waals surface area contributed by atoms with E-state index in [2.05, 4.69) is 4.98 Å². The number of carbonyl (C=O) groups is 2. The quantitative estimate of drug-likeness (QED) is 0.243. The molecule has 1 aliphatic rings. The molecule has 6 nitrogen and oxygen atoms in total. The van der Waals surface area contributed by atoms with Crippen molar-refractivity contribution in [2.75, 3.05) is 4.90 Å². The number of thioether (sulfide) groups is 1. The first-order valence-electron chi connectivity index (χ1n) is 11.3. The number of carbonyl (C=O) groups excluding carboxylic acids is 2. The summed E-state index contributed by atoms with van der Waals surface area (Å²) in [7, 11) is 0. The minimum absolute atomic E-state index is 0.0453. The molecule has 188 valence electrons. The van der Waals surface area contributed by atoms with Crippen molar-refractivity contribution < 1.29 is 27.9 Å². The first kappa shape index (κ1) is 24.6. The Kier molecular flexibility index (Phi) is 6.51. The van der Waals surface area contributed by atoms with Gasteiger partial charge >= 0.3 is 11.5 Å². The average Bonchev–Trinajstić information content (AvgIpc) is 3.09. The Morgan fingerprint density at radius 1 is 0.919 bits per heavy atom. The fraction of sp³-hybridized carbons (Fsp3) is 0.148. The second-order valence-electron chi connectivity index (χ2n) is 8.50. The van der Waals surface area contributed by atoms with Gasteiger partial charge in [-0.15, -0.1) is 0 Å². The van der Waals surface area contributed by atoms with Gasteiger partial charge < -0.3 is 10.0 Å². The van der Waals surface area contributed by atoms with Gasteiger partial charge in [-0.3, -0.25) is 9.78 Å². The number of phenols is 1. The number of pyridine rings is 1. The number of para-hydroxylation sites is 1. The molecule has 1 aromatic heterocycles. The Morgan fingerprint density at radius 3 is 2.32 bits per heavy atom. The number of imide groups is 1. The summed E-state index contributed by atoms with van der Waals surface area (Å²) in [5, 5.41) is 10.5. The maximum atomic E-state index is 13.6. The molecule has 5 rings (SSSR count). The SMILES string of the molecule is O=C1[C@@H](Cc2ccc(O)cc2)N(Cc2ccnc3ccccc23)C(=O)N1c1ccc(SC(F)(F)F)cc1. The number of amides is 3. The van der Waals surface area contributed by atoms with Crippen LogP contribution in [0.3, 0.4) is 0 Å². The second kappa shape index (κ2) is 9.78. The maximum absolute atomic E-state index is 13.6. The van der Waals surface area contributed by atoms with Crippen LogP contribution in [-0.2, 0) is 17.8 Å². The number of hydrogen-bond donors (Lipinski definition) is 1. The summed E-state index contributed by atoms with van der Waals surface area (Å²) in [5.41, 5.74) is -1.95. The van der Waals surface area contributed by atoms with E-state index in [1.807, 2.05) is 24.3 Å². The van der Waals surface area contributed by atoms with Crippen molar-refractivity contribution in [3.63, 3.8) is 0 Å². The topological polar surface area (TPSA) is 73.7 Å². The van der Waals surface area contributed by atoms with E-state index in [0.717, 1.165) is 26.9 Å². The van der Waals surface area contributed by atoms with E-state index in [4.69, 9.17) is 0 Å². The van der Waals surface area contributed by atoms with Crippen molar-refractivity contribution in [2.45, 2.75) is 29.4 Å². The van der Waals surface area contributed by atoms with E-state index in [-0.39, 0.29) is 41.1 Å². The van der Waals surface area contributed by atoms with E-state index in [0.29, 0.717) is 0 Å². The van der Waals surface area contributed by atoms with Gasteiger partial charge in [0.2, 0.25) is 0 Å². The number of nitrogens with zero attached hydrogens (tertiary/aromatic N) is 3. The van der Waals surface area contributed by atoms with Crippen molar-refractivity contribution in [3.05, 3.63) is 96.2 Å². The molecule has 1 saturated heterocycles. The lowest BCUT2D eigenvalue weighted by Crippen LogP contribution is -2.36. The van der Waals surface area contributed by atoms with Gasteiger partial charge in [0.1, 0.15) is 11.8 Å². The molecule has 0 radical (unpaired) electrons. The summed E-state index contributed by atoms with van der Waals surface area (Å²) in [6.45, 7) is 0.134. The molecule has 0 spiro atoms. The number of alkyl halides is 3. The van der Waals surface area contributed by atoms with Gasteiger partial charge in [0.25, 0.3) is 5.91 Å². The fourth-order valence-corrected chi connectivity index (χ4v) is 4.92. The normalized spacial score (nSPS) is 16.1. The number of rotatable bonds is 6. The molecule has 1 atom stereocenters. The van der Waals surface area contributed by atoms with Crippen LogP contribution in [0.15, 0.2) is 90.0 Å². The molecule has 1 N–H and O–H groups in total. The monoisotopic (exact) mass is 523 g/mol. The Hall–Kier alpha value is -4.05. The van der Waals surface area contributed by atoms with Crippen LogP contribution in [0.1, 0.15) is 11.1 Å². The third kappa shape index (κ3) is 5.24. The van der Waals surface area contributed by atoms with Gasteiger partial charge in [-0.25, -0.2) is 9.69 Å². The lowest BCUT2D eigenvalue weighted by atomic mass is 10.0. The number of anilines is 1. The molecule has 3 aromatic carbocycles. The molecular weight excluding hydrogens is 503 g/mol. The summed E-state index contributed by atoms with van der Waals surface area (Å²) in [6.07, 6.45) is 1.84. The summed E-state index contributed by atoms with van der Waals surface area (Å²) >= 11 is -0.265. The molecule has 3 amide bonds. The van der Waals surface area contributed by atoms with Crippen LogP contribution in [0.25, 0.3) is 10.9 Å². The van der Waals surface area contributed by atoms with Crippen molar-refractivity contribution in [2.24, 2.45) is 0 Å². The van der Waals surface area contributed by atoms with E-state index >= 15 is 0 Å². The minimum Gasteiger partial charge on any atom is -0.508 e. The van der Waals surface area contributed by atoms with Crippen LogP contribution < -0.4 is 4.90 Å². The lowest BCUT2D eigenvalue weighted by molar-refractivity contribution is -0.119. The van der Waals surface area contributed by atoms with E-state index in [1.165, 1.54) is 41.3 Å². The first-order chi connectivity index (χ1) is 17.7. The van der Waals surface area contributed by atoms with Gasteiger partial charge in [0.05, 0.1) is 11.2 Å². The molecule has 10 heteroatoms. The Balaban J connectivity index is 1.49. The highest BCUT2D eigenvalue weighted by atomic mass is 32.2. The van der Waals surface area contributed by atoms with Crippen LogP contribution in [0, 0.1) is 0 Å². The predicted octanol–water partition coefficient (Wildman–Crippen LogP) is 6.13. The second-order valence-corrected chi connectivity index (χ2v) is 9.64. The average molecular weight is 524 g/mol. The highest BCUT2D eigenvalue weighted by Crippen LogP contribution is 2.38. The van der Waals surface area contributed by atoms with Crippen molar-refractivity contribution in [1.29, 1.82) is 0 Å². The van der Waals surface area contributed by atoms with Crippen molar-refractivity contribution in [1.82, 2.24) is 9.88 Å². The number of urea groups is 1. The summed E-state index contributed by atoms with van der Waals surface area (Å²) in [5.74, 6) is -0.399. The highest BCUT2D eigenvalue weighted by Gasteiger charge is 2.46. The largest absolute Gasteiger partial charge is 0.508 e. The molecule has 0 saturated carbocycles. The number of fused-ring (bicyclic) bond motifs is 1. The molecule has 37 heavy (non-hydrogen) atoms. The highest BCUT2D eigenvalue weighted by molar-refractivity contribution is 8.00. The zero-order valence-electron chi connectivity index (χ0n) is 19.2. The standard InChI is InChI=1S/C27H20F3N3O3S/c28-27(29,30)37-21-11-7-19(8-12-21)33-25(35)24(15-17-5-9-20(34)10-6-17)32(26(33)36)16-18-13-14-31-23-4-2-1-3-22(18)23/h1-14,24,34H,15-16H2/t24-/m1/s1. The molecule has 0 unspecified atom stereocenters. The van der Waals surface area contributed by atoms with Crippen molar-refractivity contribution in [3.8, 4) is 5.75 Å². The molecule has 2 heterocycles. The third-order valence-electron chi connectivity index (χ3n) is 6.09.